The molecule has 2 aromatic rings. The van der Waals surface area contributed by atoms with Crippen molar-refractivity contribution >= 4 is 17.3 Å². The summed E-state index contributed by atoms with van der Waals surface area (Å²) in [5, 5.41) is 13.2. The van der Waals surface area contributed by atoms with E-state index in [0.717, 1.165) is 11.3 Å². The Balaban J connectivity index is 2.05. The number of nitrogens with zero attached hydrogens (tertiary/aromatic N) is 1. The molecule has 0 aliphatic rings. The Hall–Kier alpha value is -1.74. The highest BCUT2D eigenvalue weighted by molar-refractivity contribution is 6.29. The van der Waals surface area contributed by atoms with Crippen LogP contribution in [0.25, 0.3) is 0 Å². The van der Waals surface area contributed by atoms with Gasteiger partial charge in [-0.1, -0.05) is 29.8 Å². The number of hydrogen-bond donors (Lipinski definition) is 2. The van der Waals surface area contributed by atoms with Crippen molar-refractivity contribution in [2.75, 3.05) is 5.32 Å². The fourth-order valence-corrected chi connectivity index (χ4v) is 1.54. The van der Waals surface area contributed by atoms with E-state index < -0.39 is 0 Å². The van der Waals surface area contributed by atoms with Crippen LogP contribution in [0.5, 0.6) is 5.75 Å². The van der Waals surface area contributed by atoms with Crippen LogP contribution in [0.1, 0.15) is 5.56 Å². The first kappa shape index (κ1) is 10.8. The van der Waals surface area contributed by atoms with Crippen LogP contribution in [0, 0.1) is 0 Å². The second-order valence-corrected chi connectivity index (χ2v) is 3.74. The van der Waals surface area contributed by atoms with E-state index in [0.29, 0.717) is 11.7 Å². The second-order valence-electron chi connectivity index (χ2n) is 3.35. The van der Waals surface area contributed by atoms with Crippen molar-refractivity contribution in [3.8, 4) is 5.75 Å². The van der Waals surface area contributed by atoms with Crippen molar-refractivity contribution in [3.63, 3.8) is 0 Å². The smallest absolute Gasteiger partial charge is 0.131 e. The molecule has 1 aromatic heterocycles. The summed E-state index contributed by atoms with van der Waals surface area (Å²) in [7, 11) is 0. The molecular formula is C12H11ClN2O. The summed E-state index contributed by atoms with van der Waals surface area (Å²) in [4.78, 5) is 3.89. The molecule has 0 unspecified atom stereocenters. The number of nitrogens with one attached hydrogen (secondary N) is 1. The van der Waals surface area contributed by atoms with Crippen LogP contribution in [-0.4, -0.2) is 10.1 Å². The van der Waals surface area contributed by atoms with Crippen LogP contribution in [0.2, 0.25) is 5.15 Å². The average Bonchev–Trinajstić information content (AvgIpc) is 2.28. The SMILES string of the molecule is Oc1ccccc1CNc1ccnc(Cl)c1. The highest BCUT2D eigenvalue weighted by atomic mass is 35.5. The zero-order chi connectivity index (χ0) is 11.4. The summed E-state index contributed by atoms with van der Waals surface area (Å²) >= 11 is 5.76. The number of para-hydroxylation sites is 1. The Morgan fingerprint density at radius 1 is 1.25 bits per heavy atom. The Morgan fingerprint density at radius 2 is 2.06 bits per heavy atom. The van der Waals surface area contributed by atoms with Gasteiger partial charge in [0.2, 0.25) is 0 Å². The minimum absolute atomic E-state index is 0.287. The quantitative estimate of drug-likeness (QED) is 0.803. The predicted octanol–water partition coefficient (Wildman–Crippen LogP) is 3.05. The van der Waals surface area contributed by atoms with E-state index in [-0.39, 0.29) is 5.75 Å². The number of rotatable bonds is 3. The van der Waals surface area contributed by atoms with E-state index in [2.05, 4.69) is 10.3 Å². The van der Waals surface area contributed by atoms with Crippen molar-refractivity contribution in [2.24, 2.45) is 0 Å². The summed E-state index contributed by atoms with van der Waals surface area (Å²) in [6.07, 6.45) is 1.63. The largest absolute Gasteiger partial charge is 0.508 e. The van der Waals surface area contributed by atoms with Gasteiger partial charge in [0, 0.05) is 24.0 Å². The van der Waals surface area contributed by atoms with Crippen molar-refractivity contribution in [2.45, 2.75) is 6.54 Å². The number of pyridine rings is 1. The highest BCUT2D eigenvalue weighted by Crippen LogP contribution is 2.18. The average molecular weight is 235 g/mol. The molecule has 0 spiro atoms. The normalized spacial score (nSPS) is 10.1. The third kappa shape index (κ3) is 2.64. The van der Waals surface area contributed by atoms with Gasteiger partial charge in [0.1, 0.15) is 10.9 Å². The first-order valence-electron chi connectivity index (χ1n) is 4.88. The van der Waals surface area contributed by atoms with Gasteiger partial charge in [-0.15, -0.1) is 0 Å². The van der Waals surface area contributed by atoms with Crippen LogP contribution in [0.4, 0.5) is 5.69 Å². The summed E-state index contributed by atoms with van der Waals surface area (Å²) in [5.41, 5.74) is 1.72. The number of phenols is 1. The van der Waals surface area contributed by atoms with Crippen molar-refractivity contribution in [1.82, 2.24) is 4.98 Å². The molecule has 82 valence electrons. The van der Waals surface area contributed by atoms with E-state index in [4.69, 9.17) is 11.6 Å². The molecular weight excluding hydrogens is 224 g/mol. The molecule has 0 amide bonds. The Morgan fingerprint density at radius 3 is 2.81 bits per heavy atom. The van der Waals surface area contributed by atoms with Crippen LogP contribution < -0.4 is 5.32 Å². The summed E-state index contributed by atoms with van der Waals surface area (Å²) < 4.78 is 0. The first-order valence-corrected chi connectivity index (χ1v) is 5.26. The number of aromatic nitrogens is 1. The second kappa shape index (κ2) is 4.86. The lowest BCUT2D eigenvalue weighted by atomic mass is 10.2. The monoisotopic (exact) mass is 234 g/mol. The maximum absolute atomic E-state index is 9.56. The standard InChI is InChI=1S/C12H11ClN2O/c13-12-7-10(5-6-14-12)15-8-9-3-1-2-4-11(9)16/h1-7,16H,8H2,(H,14,15). The van der Waals surface area contributed by atoms with E-state index in [9.17, 15) is 5.11 Å². The zero-order valence-corrected chi connectivity index (χ0v) is 9.28. The molecule has 0 atom stereocenters. The van der Waals surface area contributed by atoms with Gasteiger partial charge in [-0.3, -0.25) is 0 Å². The number of halogens is 1. The predicted molar refractivity (Wildman–Crippen MR) is 64.7 cm³/mol. The Labute approximate surface area is 98.7 Å². The van der Waals surface area contributed by atoms with Gasteiger partial charge in [-0.25, -0.2) is 4.98 Å². The lowest BCUT2D eigenvalue weighted by Crippen LogP contribution is -1.99. The van der Waals surface area contributed by atoms with Crippen molar-refractivity contribution in [1.29, 1.82) is 0 Å². The van der Waals surface area contributed by atoms with Gasteiger partial charge >= 0.3 is 0 Å². The molecule has 16 heavy (non-hydrogen) atoms. The Kier molecular flexibility index (Phi) is 3.27. The van der Waals surface area contributed by atoms with Crippen LogP contribution in [-0.2, 0) is 6.54 Å². The maximum Gasteiger partial charge on any atom is 0.131 e. The van der Waals surface area contributed by atoms with Gasteiger partial charge in [-0.05, 0) is 18.2 Å². The van der Waals surface area contributed by atoms with E-state index in [1.807, 2.05) is 18.2 Å². The summed E-state index contributed by atoms with van der Waals surface area (Å²) in [5.74, 6) is 0.287. The fraction of sp³-hybridized carbons (Fsp3) is 0.0833. The lowest BCUT2D eigenvalue weighted by molar-refractivity contribution is 0.469. The molecule has 4 heteroatoms. The fourth-order valence-electron chi connectivity index (χ4n) is 1.37. The third-order valence-corrected chi connectivity index (χ3v) is 2.41. The minimum Gasteiger partial charge on any atom is -0.508 e. The summed E-state index contributed by atoms with van der Waals surface area (Å²) in [6.45, 7) is 0.549. The van der Waals surface area contributed by atoms with E-state index in [1.165, 1.54) is 0 Å². The number of phenolic OH excluding ortho intramolecular Hbond substituents is 1. The van der Waals surface area contributed by atoms with Crippen molar-refractivity contribution < 1.29 is 5.11 Å². The van der Waals surface area contributed by atoms with Crippen LogP contribution in [0.15, 0.2) is 42.6 Å². The van der Waals surface area contributed by atoms with Gasteiger partial charge in [0.15, 0.2) is 0 Å². The molecule has 2 rings (SSSR count). The summed E-state index contributed by atoms with van der Waals surface area (Å²) in [6, 6.07) is 10.8. The molecule has 0 aliphatic heterocycles. The maximum atomic E-state index is 9.56. The van der Waals surface area contributed by atoms with Crippen LogP contribution >= 0.6 is 11.6 Å². The first-order chi connectivity index (χ1) is 7.75. The molecule has 0 fully saturated rings. The molecule has 3 nitrogen and oxygen atoms in total. The molecule has 0 aliphatic carbocycles. The molecule has 0 saturated heterocycles. The number of benzene rings is 1. The van der Waals surface area contributed by atoms with Crippen molar-refractivity contribution in [3.05, 3.63) is 53.3 Å². The van der Waals surface area contributed by atoms with Gasteiger partial charge in [0.25, 0.3) is 0 Å². The Bertz CT molecular complexity index is 488. The molecule has 1 heterocycles. The number of aromatic hydroxyl groups is 1. The van der Waals surface area contributed by atoms with Crippen LogP contribution in [0.3, 0.4) is 0 Å². The lowest BCUT2D eigenvalue weighted by Gasteiger charge is -2.07. The minimum atomic E-state index is 0.287. The topological polar surface area (TPSA) is 45.1 Å². The molecule has 1 aromatic carbocycles. The molecule has 0 radical (unpaired) electrons. The van der Waals surface area contributed by atoms with E-state index >= 15 is 0 Å². The molecule has 0 saturated carbocycles. The number of anilines is 1. The van der Waals surface area contributed by atoms with Gasteiger partial charge < -0.3 is 10.4 Å². The number of hydrogen-bond acceptors (Lipinski definition) is 3. The zero-order valence-electron chi connectivity index (χ0n) is 8.52. The highest BCUT2D eigenvalue weighted by Gasteiger charge is 1.99. The molecule has 0 bridgehead atoms. The third-order valence-electron chi connectivity index (χ3n) is 2.20. The molecule has 2 N–H and O–H groups in total. The van der Waals surface area contributed by atoms with Gasteiger partial charge in [-0.2, -0.15) is 0 Å². The van der Waals surface area contributed by atoms with Gasteiger partial charge in [0.05, 0.1) is 0 Å². The van der Waals surface area contributed by atoms with E-state index in [1.54, 1.807) is 24.4 Å².